The Kier molecular flexibility index (Phi) is 4.28. The van der Waals surface area contributed by atoms with Gasteiger partial charge in [-0.3, -0.25) is 4.79 Å². The molecular weight excluding hydrogens is 290 g/mol. The summed E-state index contributed by atoms with van der Waals surface area (Å²) in [4.78, 5) is 27.7. The molecule has 1 saturated carbocycles. The van der Waals surface area contributed by atoms with E-state index < -0.39 is 17.4 Å². The third kappa shape index (κ3) is 2.90. The van der Waals surface area contributed by atoms with E-state index in [0.717, 1.165) is 24.2 Å². The lowest BCUT2D eigenvalue weighted by Gasteiger charge is -2.21. The highest BCUT2D eigenvalue weighted by molar-refractivity contribution is 7.13. The van der Waals surface area contributed by atoms with E-state index in [1.165, 1.54) is 0 Å². The Morgan fingerprint density at radius 3 is 2.57 bits per heavy atom. The van der Waals surface area contributed by atoms with Gasteiger partial charge in [-0.2, -0.15) is 5.26 Å². The molecule has 1 aliphatic carbocycles. The van der Waals surface area contributed by atoms with Crippen molar-refractivity contribution in [3.8, 4) is 6.07 Å². The topological polar surface area (TPSA) is 103 Å². The summed E-state index contributed by atoms with van der Waals surface area (Å²) in [6.45, 7) is 3.38. The van der Waals surface area contributed by atoms with Crippen molar-refractivity contribution < 1.29 is 14.7 Å². The lowest BCUT2D eigenvalue weighted by molar-refractivity contribution is -0.128. The summed E-state index contributed by atoms with van der Waals surface area (Å²) in [7, 11) is 0. The zero-order valence-electron chi connectivity index (χ0n) is 12.0. The van der Waals surface area contributed by atoms with Gasteiger partial charge in [0.2, 0.25) is 5.91 Å². The molecule has 0 aromatic carbocycles. The van der Waals surface area contributed by atoms with Crippen LogP contribution in [0, 0.1) is 23.7 Å². The Bertz CT molecular complexity index is 611. The normalized spacial score (nSPS) is 18.0. The number of carboxylic acids is 1. The molecule has 0 radical (unpaired) electrons. The number of hydrogen-bond acceptors (Lipinski definition) is 5. The summed E-state index contributed by atoms with van der Waals surface area (Å²) < 4.78 is 0. The Morgan fingerprint density at radius 1 is 1.48 bits per heavy atom. The van der Waals surface area contributed by atoms with Crippen LogP contribution in [-0.4, -0.2) is 22.0 Å². The summed E-state index contributed by atoms with van der Waals surface area (Å²) >= 11 is 1.06. The lowest BCUT2D eigenvalue weighted by atomic mass is 9.87. The van der Waals surface area contributed by atoms with E-state index in [2.05, 4.69) is 16.4 Å². The van der Waals surface area contributed by atoms with Gasteiger partial charge in [0, 0.05) is 0 Å². The average Bonchev–Trinajstić information content (AvgIpc) is 3.05. The number of nitrogens with zero attached hydrogens (tertiary/aromatic N) is 2. The van der Waals surface area contributed by atoms with Crippen molar-refractivity contribution >= 4 is 23.2 Å². The number of thiazole rings is 1. The predicted molar refractivity (Wildman–Crippen MR) is 76.9 cm³/mol. The molecule has 1 unspecified atom stereocenters. The van der Waals surface area contributed by atoms with E-state index in [4.69, 9.17) is 5.11 Å². The van der Waals surface area contributed by atoms with Gasteiger partial charge in [0.1, 0.15) is 15.3 Å². The van der Waals surface area contributed by atoms with Crippen molar-refractivity contribution in [1.29, 1.82) is 5.26 Å². The molecule has 0 bridgehead atoms. The number of aromatic carboxylic acids is 1. The van der Waals surface area contributed by atoms with Crippen LogP contribution in [0.15, 0.2) is 0 Å². The molecule has 1 aromatic rings. The zero-order chi connectivity index (χ0) is 15.6. The third-order valence-electron chi connectivity index (χ3n) is 3.83. The summed E-state index contributed by atoms with van der Waals surface area (Å²) in [5.41, 5.74) is -0.490. The van der Waals surface area contributed by atoms with Gasteiger partial charge in [-0.15, -0.1) is 11.3 Å². The number of aryl methyl sites for hydroxylation is 1. The third-order valence-corrected chi connectivity index (χ3v) is 5.16. The zero-order valence-corrected chi connectivity index (χ0v) is 12.8. The van der Waals surface area contributed by atoms with Crippen molar-refractivity contribution in [1.82, 2.24) is 10.3 Å². The number of carboxylic acid groups (broad SMARTS) is 1. The number of amides is 1. The summed E-state index contributed by atoms with van der Waals surface area (Å²) in [5, 5.41) is 21.7. The smallest absolute Gasteiger partial charge is 0.347 e. The minimum atomic E-state index is -1.01. The van der Waals surface area contributed by atoms with Crippen molar-refractivity contribution in [2.45, 2.75) is 45.6 Å². The van der Waals surface area contributed by atoms with Gasteiger partial charge < -0.3 is 10.4 Å². The fraction of sp³-hybridized carbons (Fsp3) is 0.571. The highest BCUT2D eigenvalue weighted by Gasteiger charge is 2.42. The Hall–Kier alpha value is -1.94. The number of carbonyl (C=O) groups excluding carboxylic acids is 1. The molecule has 1 atom stereocenters. The molecule has 0 aliphatic heterocycles. The maximum Gasteiger partial charge on any atom is 0.347 e. The van der Waals surface area contributed by atoms with E-state index in [1.54, 1.807) is 13.8 Å². The molecule has 0 saturated heterocycles. The first-order valence-corrected chi connectivity index (χ1v) is 7.64. The summed E-state index contributed by atoms with van der Waals surface area (Å²) in [5.74, 6) is -1.29. The molecule has 112 valence electrons. The monoisotopic (exact) mass is 307 g/mol. The first-order chi connectivity index (χ1) is 9.89. The van der Waals surface area contributed by atoms with Gasteiger partial charge >= 0.3 is 5.97 Å². The van der Waals surface area contributed by atoms with Gasteiger partial charge in [0.15, 0.2) is 0 Å². The molecule has 1 aliphatic rings. The standard InChI is InChI=1S/C14H17N3O3S/c1-8-10(12(18)19)21-11(16-8)9(2)17-13(20)14(7-15)5-3-4-6-14/h9H,3-6H2,1-2H3,(H,17,20)(H,18,19). The molecule has 1 amide bonds. The molecule has 6 nitrogen and oxygen atoms in total. The first-order valence-electron chi connectivity index (χ1n) is 6.82. The second-order valence-corrected chi connectivity index (χ2v) is 6.40. The molecule has 1 fully saturated rings. The van der Waals surface area contributed by atoms with Crippen LogP contribution in [0.25, 0.3) is 0 Å². The van der Waals surface area contributed by atoms with Crippen LogP contribution in [0.5, 0.6) is 0 Å². The van der Waals surface area contributed by atoms with Gasteiger partial charge in [-0.1, -0.05) is 12.8 Å². The molecular formula is C14H17N3O3S. The minimum absolute atomic E-state index is 0.182. The fourth-order valence-corrected chi connectivity index (χ4v) is 3.47. The molecule has 2 N–H and O–H groups in total. The second-order valence-electron chi connectivity index (χ2n) is 5.37. The number of hydrogen-bond donors (Lipinski definition) is 2. The maximum atomic E-state index is 12.3. The van der Waals surface area contributed by atoms with Crippen LogP contribution in [-0.2, 0) is 4.79 Å². The quantitative estimate of drug-likeness (QED) is 0.889. The van der Waals surface area contributed by atoms with Crippen LogP contribution in [0.3, 0.4) is 0 Å². The van der Waals surface area contributed by atoms with E-state index >= 15 is 0 Å². The van der Waals surface area contributed by atoms with Gasteiger partial charge in [0.05, 0.1) is 17.8 Å². The Labute approximate surface area is 126 Å². The van der Waals surface area contributed by atoms with Crippen LogP contribution < -0.4 is 5.32 Å². The first kappa shape index (κ1) is 15.4. The van der Waals surface area contributed by atoms with E-state index in [0.29, 0.717) is 23.5 Å². The number of carbonyl (C=O) groups is 2. The van der Waals surface area contributed by atoms with Gasteiger partial charge in [-0.25, -0.2) is 9.78 Å². The SMILES string of the molecule is Cc1nc(C(C)NC(=O)C2(C#N)CCCC2)sc1C(=O)O. The van der Waals surface area contributed by atoms with Crippen LogP contribution in [0.4, 0.5) is 0 Å². The van der Waals surface area contributed by atoms with Crippen LogP contribution >= 0.6 is 11.3 Å². The number of aromatic nitrogens is 1. The van der Waals surface area contributed by atoms with Gasteiger partial charge in [-0.05, 0) is 26.7 Å². The van der Waals surface area contributed by atoms with Crippen molar-refractivity contribution in [3.63, 3.8) is 0 Å². The summed E-state index contributed by atoms with van der Waals surface area (Å²) in [6.07, 6.45) is 2.93. The van der Waals surface area contributed by atoms with Crippen molar-refractivity contribution in [2.24, 2.45) is 5.41 Å². The molecule has 7 heteroatoms. The van der Waals surface area contributed by atoms with E-state index in [1.807, 2.05) is 0 Å². The largest absolute Gasteiger partial charge is 0.477 e. The van der Waals surface area contributed by atoms with Crippen molar-refractivity contribution in [2.75, 3.05) is 0 Å². The maximum absolute atomic E-state index is 12.3. The van der Waals surface area contributed by atoms with Crippen LogP contribution in [0.2, 0.25) is 0 Å². The van der Waals surface area contributed by atoms with Crippen molar-refractivity contribution in [3.05, 3.63) is 15.6 Å². The molecule has 1 aromatic heterocycles. The minimum Gasteiger partial charge on any atom is -0.477 e. The Balaban J connectivity index is 2.13. The molecule has 21 heavy (non-hydrogen) atoms. The molecule has 2 rings (SSSR count). The second kappa shape index (κ2) is 5.82. The fourth-order valence-electron chi connectivity index (χ4n) is 2.57. The number of nitrogens with one attached hydrogen (secondary N) is 1. The predicted octanol–water partition coefficient (Wildman–Crippen LogP) is 2.41. The van der Waals surface area contributed by atoms with Crippen LogP contribution in [0.1, 0.15) is 59.0 Å². The lowest BCUT2D eigenvalue weighted by Crippen LogP contribution is -2.39. The van der Waals surface area contributed by atoms with Gasteiger partial charge in [0.25, 0.3) is 0 Å². The number of rotatable bonds is 4. The van der Waals surface area contributed by atoms with E-state index in [-0.39, 0.29) is 10.8 Å². The molecule has 0 spiro atoms. The average molecular weight is 307 g/mol. The highest BCUT2D eigenvalue weighted by Crippen LogP contribution is 2.38. The number of nitriles is 1. The summed E-state index contributed by atoms with van der Waals surface area (Å²) in [6, 6.07) is 1.74. The Morgan fingerprint density at radius 2 is 2.10 bits per heavy atom. The molecule has 1 heterocycles. The highest BCUT2D eigenvalue weighted by atomic mass is 32.1. The van der Waals surface area contributed by atoms with E-state index in [9.17, 15) is 14.9 Å².